The molecule has 1 amide bonds. The molecule has 0 radical (unpaired) electrons. The first kappa shape index (κ1) is 28.5. The van der Waals surface area contributed by atoms with Crippen molar-refractivity contribution in [3.63, 3.8) is 0 Å². The van der Waals surface area contributed by atoms with Gasteiger partial charge in [-0.25, -0.2) is 9.97 Å². The molecule has 0 aliphatic heterocycles. The van der Waals surface area contributed by atoms with Gasteiger partial charge in [0.25, 0.3) is 0 Å². The third-order valence-electron chi connectivity index (χ3n) is 5.78. The van der Waals surface area contributed by atoms with Gasteiger partial charge >= 0.3 is 0 Å². The van der Waals surface area contributed by atoms with Crippen LogP contribution in [0.2, 0.25) is 0 Å². The van der Waals surface area contributed by atoms with E-state index in [1.165, 1.54) is 4.90 Å². The van der Waals surface area contributed by atoms with Gasteiger partial charge in [0.2, 0.25) is 11.5 Å². The molecule has 0 saturated heterocycles. The monoisotopic (exact) mass is 498 g/mol. The maximum absolute atomic E-state index is 13.5. The Kier molecular flexibility index (Phi) is 9.25. The minimum atomic E-state index is -0.148. The summed E-state index contributed by atoms with van der Waals surface area (Å²) in [5.74, 6) is 0.851. The van der Waals surface area contributed by atoms with Gasteiger partial charge in [0.05, 0.1) is 6.54 Å². The van der Waals surface area contributed by atoms with Crippen LogP contribution in [0.1, 0.15) is 87.8 Å². The largest absolute Gasteiger partial charge is 0.396 e. The highest BCUT2D eigenvalue weighted by Gasteiger charge is 2.24. The van der Waals surface area contributed by atoms with Gasteiger partial charge in [-0.2, -0.15) is 0 Å². The van der Waals surface area contributed by atoms with Gasteiger partial charge in [-0.05, 0) is 59.7 Å². The Morgan fingerprint density at radius 2 is 1.69 bits per heavy atom. The number of aromatic nitrogens is 2. The number of nitrogen functional groups attached to an aromatic ring is 1. The van der Waals surface area contributed by atoms with Crippen molar-refractivity contribution in [3.05, 3.63) is 63.1 Å². The van der Waals surface area contributed by atoms with Crippen LogP contribution in [-0.4, -0.2) is 38.1 Å². The zero-order valence-electron chi connectivity index (χ0n) is 22.1. The molecule has 0 unspecified atom stereocenters. The van der Waals surface area contributed by atoms with Crippen molar-refractivity contribution in [2.24, 2.45) is 0 Å². The quantitative estimate of drug-likeness (QED) is 0.487. The molecular weight excluding hydrogens is 460 g/mol. The fraction of sp³-hybridized carbons (Fsp3) is 0.481. The second-order valence-electron chi connectivity index (χ2n) is 10.7. The molecule has 1 aromatic carbocycles. The normalized spacial score (nSPS) is 12.8. The number of hydrogen-bond acceptors (Lipinski definition) is 7. The Labute approximate surface area is 213 Å². The summed E-state index contributed by atoms with van der Waals surface area (Å²) in [6.45, 7) is 16.3. The Balaban J connectivity index is 2.44. The third kappa shape index (κ3) is 7.64. The summed E-state index contributed by atoms with van der Waals surface area (Å²) in [7, 11) is 0. The van der Waals surface area contributed by atoms with Crippen LogP contribution in [0.5, 0.6) is 0 Å². The number of amides is 1. The highest BCUT2D eigenvalue weighted by molar-refractivity contribution is 8.17. The standard InChI is InChI=1S/C27H38N4O3S/c1-17(31(16-33)15-20-14-29-18(2)30-24(20)28)23(9-10-32)35-25(34)19-11-21(26(3,4)5)13-22(12-19)27(6,7)8/h11-14,16,32H,9-10,15H2,1-8H3,(H2,28,29,30). The predicted octanol–water partition coefficient (Wildman–Crippen LogP) is 5.11. The third-order valence-corrected chi connectivity index (χ3v) is 6.94. The van der Waals surface area contributed by atoms with Crippen LogP contribution >= 0.6 is 11.8 Å². The zero-order valence-corrected chi connectivity index (χ0v) is 22.9. The van der Waals surface area contributed by atoms with Crippen LogP contribution in [0, 0.1) is 6.92 Å². The van der Waals surface area contributed by atoms with E-state index < -0.39 is 0 Å². The molecule has 0 fully saturated rings. The molecule has 0 spiro atoms. The van der Waals surface area contributed by atoms with Gasteiger partial charge in [0.15, 0.2) is 0 Å². The molecule has 1 heterocycles. The van der Waals surface area contributed by atoms with Gasteiger partial charge in [0.1, 0.15) is 11.6 Å². The van der Waals surface area contributed by atoms with E-state index in [1.54, 1.807) is 20.0 Å². The molecule has 7 nitrogen and oxygen atoms in total. The molecule has 190 valence electrons. The summed E-state index contributed by atoms with van der Waals surface area (Å²) >= 11 is 1.05. The van der Waals surface area contributed by atoms with Gasteiger partial charge in [-0.3, -0.25) is 9.59 Å². The molecular formula is C27H38N4O3S. The van der Waals surface area contributed by atoms with Gasteiger partial charge in [-0.1, -0.05) is 47.6 Å². The lowest BCUT2D eigenvalue weighted by Crippen LogP contribution is -2.22. The maximum Gasteiger partial charge on any atom is 0.223 e. The van der Waals surface area contributed by atoms with Crippen LogP contribution in [0.3, 0.4) is 0 Å². The lowest BCUT2D eigenvalue weighted by molar-refractivity contribution is -0.116. The lowest BCUT2D eigenvalue weighted by atomic mass is 9.80. The van der Waals surface area contributed by atoms with E-state index in [4.69, 9.17) is 5.73 Å². The van der Waals surface area contributed by atoms with Crippen molar-refractivity contribution in [1.29, 1.82) is 0 Å². The van der Waals surface area contributed by atoms with Crippen molar-refractivity contribution < 1.29 is 14.7 Å². The number of aliphatic hydroxyl groups is 1. The van der Waals surface area contributed by atoms with Crippen molar-refractivity contribution in [3.8, 4) is 0 Å². The van der Waals surface area contributed by atoms with E-state index in [0.717, 1.165) is 22.9 Å². The molecule has 2 rings (SSSR count). The molecule has 0 atom stereocenters. The summed E-state index contributed by atoms with van der Waals surface area (Å²) in [5.41, 5.74) is 9.72. The van der Waals surface area contributed by atoms with Crippen LogP contribution in [0.4, 0.5) is 5.82 Å². The van der Waals surface area contributed by atoms with E-state index >= 15 is 0 Å². The van der Waals surface area contributed by atoms with Gasteiger partial charge in [-0.15, -0.1) is 0 Å². The number of nitrogens with zero attached hydrogens (tertiary/aromatic N) is 3. The van der Waals surface area contributed by atoms with Gasteiger partial charge < -0.3 is 15.7 Å². The molecule has 2 aromatic rings. The summed E-state index contributed by atoms with van der Waals surface area (Å²) in [5, 5.41) is 9.55. The smallest absolute Gasteiger partial charge is 0.223 e. The van der Waals surface area contributed by atoms with E-state index in [0.29, 0.717) is 39.8 Å². The molecule has 0 bridgehead atoms. The van der Waals surface area contributed by atoms with Gasteiger partial charge in [0, 0.05) is 41.0 Å². The fourth-order valence-corrected chi connectivity index (χ4v) is 4.32. The zero-order chi connectivity index (χ0) is 26.6. The minimum absolute atomic E-state index is 0.120. The number of carbonyl (C=O) groups is 2. The highest BCUT2D eigenvalue weighted by Crippen LogP contribution is 2.34. The number of benzene rings is 1. The second-order valence-corrected chi connectivity index (χ2v) is 11.8. The van der Waals surface area contributed by atoms with Crippen molar-refractivity contribution in [2.45, 2.75) is 79.2 Å². The Bertz CT molecular complexity index is 1080. The summed E-state index contributed by atoms with van der Waals surface area (Å²) in [4.78, 5) is 35.8. The average molecular weight is 499 g/mol. The summed E-state index contributed by atoms with van der Waals surface area (Å²) in [6, 6.07) is 6.05. The molecule has 0 aliphatic rings. The number of allylic oxidation sites excluding steroid dienone is 1. The SMILES string of the molecule is CC(=C(CCO)SC(=O)c1cc(C(C)(C)C)cc(C(C)(C)C)c1)N(C=O)Cc1cnc(C)nc1N. The molecule has 3 N–H and O–H groups in total. The highest BCUT2D eigenvalue weighted by atomic mass is 32.2. The average Bonchev–Trinajstić information content (AvgIpc) is 2.76. The maximum atomic E-state index is 13.5. The second kappa shape index (κ2) is 11.4. The van der Waals surface area contributed by atoms with E-state index in [2.05, 4.69) is 57.6 Å². The number of carbonyl (C=O) groups excluding carboxylic acids is 2. The van der Waals surface area contributed by atoms with Crippen LogP contribution in [-0.2, 0) is 22.2 Å². The molecule has 8 heteroatoms. The van der Waals surface area contributed by atoms with Crippen LogP contribution in [0.25, 0.3) is 0 Å². The van der Waals surface area contributed by atoms with Crippen molar-refractivity contribution in [1.82, 2.24) is 14.9 Å². The first-order valence-electron chi connectivity index (χ1n) is 11.7. The first-order chi connectivity index (χ1) is 16.2. The number of rotatable bonds is 8. The minimum Gasteiger partial charge on any atom is -0.396 e. The number of aryl methyl sites for hydroxylation is 1. The number of thioether (sulfide) groups is 1. The fourth-order valence-electron chi connectivity index (χ4n) is 3.40. The van der Waals surface area contributed by atoms with Crippen LogP contribution in [0.15, 0.2) is 35.0 Å². The van der Waals surface area contributed by atoms with E-state index in [9.17, 15) is 14.7 Å². The summed E-state index contributed by atoms with van der Waals surface area (Å²) < 4.78 is 0. The molecule has 0 saturated carbocycles. The van der Waals surface area contributed by atoms with Crippen LogP contribution < -0.4 is 5.73 Å². The molecule has 0 aliphatic carbocycles. The Morgan fingerprint density at radius 3 is 2.14 bits per heavy atom. The van der Waals surface area contributed by atoms with E-state index in [1.807, 2.05) is 12.1 Å². The molecule has 1 aromatic heterocycles. The number of hydrogen-bond donors (Lipinski definition) is 2. The Hall–Kier alpha value is -2.71. The number of anilines is 1. The van der Waals surface area contributed by atoms with Crippen molar-refractivity contribution >= 4 is 29.1 Å². The first-order valence-corrected chi connectivity index (χ1v) is 12.5. The number of aliphatic hydroxyl groups excluding tert-OH is 1. The van der Waals surface area contributed by atoms with Crippen molar-refractivity contribution in [2.75, 3.05) is 12.3 Å². The topological polar surface area (TPSA) is 109 Å². The Morgan fingerprint density at radius 1 is 1.11 bits per heavy atom. The number of nitrogens with two attached hydrogens (primary N) is 1. The molecule has 35 heavy (non-hydrogen) atoms. The predicted molar refractivity (Wildman–Crippen MR) is 143 cm³/mol. The summed E-state index contributed by atoms with van der Waals surface area (Å²) in [6.07, 6.45) is 2.53. The lowest BCUT2D eigenvalue weighted by Gasteiger charge is -2.26. The van der Waals surface area contributed by atoms with E-state index in [-0.39, 0.29) is 35.5 Å².